The van der Waals surface area contributed by atoms with Crippen molar-refractivity contribution in [3.05, 3.63) is 53.1 Å². The molecule has 2 aromatic carbocycles. The van der Waals surface area contributed by atoms with Crippen LogP contribution in [0.3, 0.4) is 0 Å². The van der Waals surface area contributed by atoms with Gasteiger partial charge in [-0.1, -0.05) is 53.7 Å². The first kappa shape index (κ1) is 28.3. The van der Waals surface area contributed by atoms with Gasteiger partial charge in [-0.05, 0) is 67.9 Å². The Hall–Kier alpha value is -2.89. The molecule has 0 aliphatic heterocycles. The van der Waals surface area contributed by atoms with E-state index in [2.05, 4.69) is 41.5 Å². The standard InChI is InChI=1S/C29H44N2O4/c1-27(2,3)23-18-22(19-24(25(23)32)28(4,5)6)34-17-16-31(26(33)35-29(7,8)9)15-14-20-10-12-21(30)13-11-20/h10-13,18-19,32H,14-17,30H2,1-9H3. The molecule has 6 nitrogen and oxygen atoms in total. The van der Waals surface area contributed by atoms with Gasteiger partial charge in [0.1, 0.15) is 23.7 Å². The number of benzene rings is 2. The van der Waals surface area contributed by atoms with Gasteiger partial charge in [0.05, 0.1) is 6.54 Å². The molecule has 0 spiro atoms. The SMILES string of the molecule is CC(C)(C)OC(=O)N(CCOc1cc(C(C)(C)C)c(O)c(C(C)(C)C)c1)CCc1ccc(N)cc1. The zero-order valence-electron chi connectivity index (χ0n) is 23.0. The van der Waals surface area contributed by atoms with Crippen LogP contribution in [0, 0.1) is 0 Å². The highest BCUT2D eigenvalue weighted by molar-refractivity contribution is 5.68. The molecule has 0 aliphatic rings. The summed E-state index contributed by atoms with van der Waals surface area (Å²) in [5.74, 6) is 0.997. The monoisotopic (exact) mass is 484 g/mol. The molecule has 0 fully saturated rings. The number of aromatic hydroxyl groups is 1. The van der Waals surface area contributed by atoms with E-state index in [0.717, 1.165) is 16.7 Å². The lowest BCUT2D eigenvalue weighted by Gasteiger charge is -2.29. The van der Waals surface area contributed by atoms with E-state index < -0.39 is 5.60 Å². The molecule has 35 heavy (non-hydrogen) atoms. The van der Waals surface area contributed by atoms with Crippen molar-refractivity contribution in [3.63, 3.8) is 0 Å². The second-order valence-corrected chi connectivity index (χ2v) is 12.2. The van der Waals surface area contributed by atoms with Gasteiger partial charge >= 0.3 is 6.09 Å². The van der Waals surface area contributed by atoms with Gasteiger partial charge in [0.15, 0.2) is 0 Å². The van der Waals surface area contributed by atoms with E-state index in [1.54, 1.807) is 4.90 Å². The van der Waals surface area contributed by atoms with Crippen molar-refractivity contribution in [2.75, 3.05) is 25.4 Å². The van der Waals surface area contributed by atoms with Crippen LogP contribution in [-0.4, -0.2) is 41.4 Å². The average Bonchev–Trinajstić information content (AvgIpc) is 2.69. The van der Waals surface area contributed by atoms with Crippen LogP contribution in [0.5, 0.6) is 11.5 Å². The number of nitrogen functional groups attached to an aromatic ring is 1. The summed E-state index contributed by atoms with van der Waals surface area (Å²) in [5.41, 5.74) is 8.20. The largest absolute Gasteiger partial charge is 0.507 e. The molecule has 0 bridgehead atoms. The van der Waals surface area contributed by atoms with Crippen LogP contribution in [0.4, 0.5) is 10.5 Å². The smallest absolute Gasteiger partial charge is 0.410 e. The number of phenols is 1. The summed E-state index contributed by atoms with van der Waals surface area (Å²) in [4.78, 5) is 14.6. The lowest BCUT2D eigenvalue weighted by Crippen LogP contribution is -2.40. The first-order valence-electron chi connectivity index (χ1n) is 12.3. The summed E-state index contributed by atoms with van der Waals surface area (Å²) >= 11 is 0. The van der Waals surface area contributed by atoms with Crippen LogP contribution in [0.2, 0.25) is 0 Å². The van der Waals surface area contributed by atoms with Crippen molar-refractivity contribution >= 4 is 11.8 Å². The highest BCUT2D eigenvalue weighted by atomic mass is 16.6. The Morgan fingerprint density at radius 3 is 1.86 bits per heavy atom. The number of phenolic OH excluding ortho intramolecular Hbond substituents is 1. The summed E-state index contributed by atoms with van der Waals surface area (Å²) < 4.78 is 11.8. The Kier molecular flexibility index (Phi) is 8.75. The van der Waals surface area contributed by atoms with Gasteiger partial charge in [-0.25, -0.2) is 4.79 Å². The molecule has 0 saturated carbocycles. The van der Waals surface area contributed by atoms with E-state index in [1.165, 1.54) is 0 Å². The molecule has 0 radical (unpaired) electrons. The predicted octanol–water partition coefficient (Wildman–Crippen LogP) is 6.43. The summed E-state index contributed by atoms with van der Waals surface area (Å²) in [6.45, 7) is 19.2. The fraction of sp³-hybridized carbons (Fsp3) is 0.552. The van der Waals surface area contributed by atoms with Crippen LogP contribution in [-0.2, 0) is 22.0 Å². The van der Waals surface area contributed by atoms with Crippen molar-refractivity contribution in [3.8, 4) is 11.5 Å². The van der Waals surface area contributed by atoms with Crippen LogP contribution in [0.1, 0.15) is 79.0 Å². The number of amides is 1. The fourth-order valence-corrected chi connectivity index (χ4v) is 3.68. The van der Waals surface area contributed by atoms with Gasteiger partial charge in [-0.15, -0.1) is 0 Å². The minimum atomic E-state index is -0.586. The molecule has 0 unspecified atom stereocenters. The highest BCUT2D eigenvalue weighted by Gasteiger charge is 2.27. The summed E-state index contributed by atoms with van der Waals surface area (Å²) in [6, 6.07) is 11.5. The minimum Gasteiger partial charge on any atom is -0.507 e. The van der Waals surface area contributed by atoms with Gasteiger partial charge in [-0.2, -0.15) is 0 Å². The Morgan fingerprint density at radius 2 is 1.40 bits per heavy atom. The predicted molar refractivity (Wildman–Crippen MR) is 143 cm³/mol. The quantitative estimate of drug-likeness (QED) is 0.443. The topological polar surface area (TPSA) is 85.0 Å². The number of hydrogen-bond acceptors (Lipinski definition) is 5. The third-order valence-electron chi connectivity index (χ3n) is 5.63. The van der Waals surface area contributed by atoms with Gasteiger partial charge in [0.25, 0.3) is 0 Å². The van der Waals surface area contributed by atoms with Crippen LogP contribution in [0.15, 0.2) is 36.4 Å². The Morgan fingerprint density at radius 1 is 0.886 bits per heavy atom. The molecule has 194 valence electrons. The molecule has 0 aliphatic carbocycles. The molecule has 0 aromatic heterocycles. The molecule has 2 aromatic rings. The second kappa shape index (κ2) is 10.8. The first-order chi connectivity index (χ1) is 16.0. The number of nitrogens with two attached hydrogens (primary N) is 1. The summed E-state index contributed by atoms with van der Waals surface area (Å²) in [5, 5.41) is 10.9. The number of hydrogen-bond donors (Lipinski definition) is 2. The van der Waals surface area contributed by atoms with Crippen LogP contribution < -0.4 is 10.5 Å². The lowest BCUT2D eigenvalue weighted by atomic mass is 9.79. The number of nitrogens with zero attached hydrogens (tertiary/aromatic N) is 1. The Bertz CT molecular complexity index is 958. The van der Waals surface area contributed by atoms with E-state index in [1.807, 2.05) is 57.2 Å². The van der Waals surface area contributed by atoms with Crippen molar-refractivity contribution < 1.29 is 19.4 Å². The highest BCUT2D eigenvalue weighted by Crippen LogP contribution is 2.41. The second-order valence-electron chi connectivity index (χ2n) is 12.2. The minimum absolute atomic E-state index is 0.245. The maximum Gasteiger partial charge on any atom is 0.410 e. The summed E-state index contributed by atoms with van der Waals surface area (Å²) in [6.07, 6.45) is 0.314. The van der Waals surface area contributed by atoms with Gasteiger partial charge in [-0.3, -0.25) is 0 Å². The van der Waals surface area contributed by atoms with Gasteiger partial charge < -0.3 is 25.2 Å². The number of anilines is 1. The molecule has 3 N–H and O–H groups in total. The molecular weight excluding hydrogens is 440 g/mol. The fourth-order valence-electron chi connectivity index (χ4n) is 3.68. The Labute approximate surface area is 211 Å². The van der Waals surface area contributed by atoms with Crippen molar-refractivity contribution in [1.29, 1.82) is 0 Å². The maximum absolute atomic E-state index is 12.9. The van der Waals surface area contributed by atoms with Crippen LogP contribution >= 0.6 is 0 Å². The average molecular weight is 485 g/mol. The first-order valence-corrected chi connectivity index (χ1v) is 12.3. The zero-order chi connectivity index (χ0) is 26.6. The third kappa shape index (κ3) is 8.68. The Balaban J connectivity index is 2.19. The van der Waals surface area contributed by atoms with Crippen molar-refractivity contribution in [2.45, 2.75) is 85.2 Å². The van der Waals surface area contributed by atoms with E-state index in [9.17, 15) is 9.90 Å². The van der Waals surface area contributed by atoms with E-state index in [4.69, 9.17) is 15.2 Å². The molecule has 1 amide bonds. The third-order valence-corrected chi connectivity index (χ3v) is 5.63. The van der Waals surface area contributed by atoms with E-state index >= 15 is 0 Å². The lowest BCUT2D eigenvalue weighted by molar-refractivity contribution is 0.0228. The molecule has 6 heteroatoms. The van der Waals surface area contributed by atoms with Crippen molar-refractivity contribution in [1.82, 2.24) is 4.90 Å². The van der Waals surface area contributed by atoms with E-state index in [0.29, 0.717) is 43.3 Å². The number of carbonyl (C=O) groups is 1. The van der Waals surface area contributed by atoms with Crippen LogP contribution in [0.25, 0.3) is 0 Å². The summed E-state index contributed by atoms with van der Waals surface area (Å²) in [7, 11) is 0. The zero-order valence-corrected chi connectivity index (χ0v) is 23.0. The molecule has 0 saturated heterocycles. The van der Waals surface area contributed by atoms with Crippen molar-refractivity contribution in [2.24, 2.45) is 0 Å². The number of carbonyl (C=O) groups excluding carboxylic acids is 1. The number of rotatable bonds is 7. The molecule has 0 heterocycles. The normalized spacial score (nSPS) is 12.4. The molecular formula is C29H44N2O4. The van der Waals surface area contributed by atoms with Gasteiger partial charge in [0.2, 0.25) is 0 Å². The van der Waals surface area contributed by atoms with E-state index in [-0.39, 0.29) is 16.9 Å². The maximum atomic E-state index is 12.9. The molecule has 0 atom stereocenters. The number of ether oxygens (including phenoxy) is 2. The molecule has 2 rings (SSSR count). The van der Waals surface area contributed by atoms with Gasteiger partial charge in [0, 0.05) is 23.4 Å².